The lowest BCUT2D eigenvalue weighted by Gasteiger charge is -2.00. The fourth-order valence-electron chi connectivity index (χ4n) is 2.21. The van der Waals surface area contributed by atoms with Crippen molar-refractivity contribution in [2.75, 3.05) is 0 Å². The van der Waals surface area contributed by atoms with Crippen LogP contribution in [0.25, 0.3) is 21.8 Å². The predicted molar refractivity (Wildman–Crippen MR) is 95.1 cm³/mol. The number of thiazole rings is 1. The van der Waals surface area contributed by atoms with Crippen LogP contribution in [0.5, 0.6) is 0 Å². The van der Waals surface area contributed by atoms with Gasteiger partial charge in [-0.05, 0) is 11.6 Å². The number of hydrogen-bond acceptors (Lipinski definition) is 4. The summed E-state index contributed by atoms with van der Waals surface area (Å²) in [5, 5.41) is 10.1. The fourth-order valence-corrected chi connectivity index (χ4v) is 3.13. The normalized spacial score (nSPS) is 10.1. The first-order valence-corrected chi connectivity index (χ1v) is 7.59. The van der Waals surface area contributed by atoms with Crippen LogP contribution in [0.3, 0.4) is 0 Å². The smallest absolute Gasteiger partial charge is 0.348 e. The summed E-state index contributed by atoms with van der Waals surface area (Å²) < 4.78 is 0. The van der Waals surface area contributed by atoms with Gasteiger partial charge in [-0.1, -0.05) is 48.5 Å². The van der Waals surface area contributed by atoms with Crippen LogP contribution >= 0.6 is 23.7 Å². The van der Waals surface area contributed by atoms with Gasteiger partial charge in [0.25, 0.3) is 0 Å². The minimum absolute atomic E-state index is 0. The molecule has 2 aromatic carbocycles. The number of nitrogens with two attached hydrogens (primary N) is 1. The molecule has 0 saturated heterocycles. The Labute approximate surface area is 144 Å². The van der Waals surface area contributed by atoms with E-state index in [0.717, 1.165) is 16.7 Å². The molecule has 1 heterocycles. The standard InChI is InChI=1S/C17H14N2O2S.ClH/c18-10-11-5-4-8-13(9-11)16-19-14(15(22-16)17(20)21)12-6-2-1-3-7-12;/h1-9H,10,18H2,(H,20,21);1H. The number of nitrogens with zero attached hydrogens (tertiary/aromatic N) is 1. The van der Waals surface area contributed by atoms with Crippen LogP contribution in [0.4, 0.5) is 0 Å². The van der Waals surface area contributed by atoms with Gasteiger partial charge in [0, 0.05) is 17.7 Å². The van der Waals surface area contributed by atoms with Crippen molar-refractivity contribution in [3.05, 3.63) is 65.0 Å². The molecule has 0 bridgehead atoms. The zero-order valence-corrected chi connectivity index (χ0v) is 13.7. The number of carboxylic acid groups (broad SMARTS) is 1. The number of aromatic nitrogens is 1. The molecule has 0 fully saturated rings. The number of carboxylic acids is 1. The summed E-state index contributed by atoms with van der Waals surface area (Å²) in [5.41, 5.74) is 8.85. The van der Waals surface area contributed by atoms with E-state index in [4.69, 9.17) is 5.73 Å². The van der Waals surface area contributed by atoms with Crippen LogP contribution in [-0.4, -0.2) is 16.1 Å². The molecule has 0 radical (unpaired) electrons. The van der Waals surface area contributed by atoms with Crippen LogP contribution < -0.4 is 5.73 Å². The molecule has 3 rings (SSSR count). The molecule has 4 nitrogen and oxygen atoms in total. The fraction of sp³-hybridized carbons (Fsp3) is 0.0588. The quantitative estimate of drug-likeness (QED) is 0.747. The second-order valence-electron chi connectivity index (χ2n) is 4.77. The monoisotopic (exact) mass is 346 g/mol. The topological polar surface area (TPSA) is 76.2 Å². The van der Waals surface area contributed by atoms with Gasteiger partial charge in [0.2, 0.25) is 0 Å². The Balaban J connectivity index is 0.00000192. The lowest BCUT2D eigenvalue weighted by molar-refractivity contribution is 0.0702. The van der Waals surface area contributed by atoms with Gasteiger partial charge in [-0.3, -0.25) is 0 Å². The van der Waals surface area contributed by atoms with Crippen LogP contribution in [0, 0.1) is 0 Å². The largest absolute Gasteiger partial charge is 0.477 e. The van der Waals surface area contributed by atoms with Crippen molar-refractivity contribution in [2.45, 2.75) is 6.54 Å². The Hall–Kier alpha value is -2.21. The molecule has 0 spiro atoms. The highest BCUT2D eigenvalue weighted by Crippen LogP contribution is 2.34. The van der Waals surface area contributed by atoms with Gasteiger partial charge in [0.15, 0.2) is 0 Å². The second kappa shape index (κ2) is 7.37. The van der Waals surface area contributed by atoms with Crippen LogP contribution in [-0.2, 0) is 6.54 Å². The zero-order valence-electron chi connectivity index (χ0n) is 12.1. The lowest BCUT2D eigenvalue weighted by Crippen LogP contribution is -1.95. The third-order valence-electron chi connectivity index (χ3n) is 3.28. The Morgan fingerprint density at radius 1 is 1.09 bits per heavy atom. The predicted octanol–water partition coefficient (Wildman–Crippen LogP) is 4.06. The zero-order chi connectivity index (χ0) is 15.5. The summed E-state index contributed by atoms with van der Waals surface area (Å²) in [6.45, 7) is 0.441. The van der Waals surface area contributed by atoms with Crippen molar-refractivity contribution < 1.29 is 9.90 Å². The molecule has 23 heavy (non-hydrogen) atoms. The highest BCUT2D eigenvalue weighted by atomic mass is 35.5. The molecular weight excluding hydrogens is 332 g/mol. The minimum Gasteiger partial charge on any atom is -0.477 e. The first-order chi connectivity index (χ1) is 10.7. The molecule has 6 heteroatoms. The molecule has 0 atom stereocenters. The van der Waals surface area contributed by atoms with E-state index >= 15 is 0 Å². The Bertz CT molecular complexity index is 818. The van der Waals surface area contributed by atoms with Gasteiger partial charge in [0.05, 0.1) is 5.69 Å². The van der Waals surface area contributed by atoms with Crippen molar-refractivity contribution in [2.24, 2.45) is 5.73 Å². The maximum atomic E-state index is 11.5. The van der Waals surface area contributed by atoms with E-state index in [-0.39, 0.29) is 17.3 Å². The van der Waals surface area contributed by atoms with Crippen LogP contribution in [0.15, 0.2) is 54.6 Å². The number of benzene rings is 2. The van der Waals surface area contributed by atoms with Crippen molar-refractivity contribution in [1.82, 2.24) is 4.98 Å². The number of rotatable bonds is 4. The van der Waals surface area contributed by atoms with Gasteiger partial charge in [-0.2, -0.15) is 0 Å². The summed E-state index contributed by atoms with van der Waals surface area (Å²) in [4.78, 5) is 16.3. The van der Waals surface area contributed by atoms with E-state index < -0.39 is 5.97 Å². The molecule has 0 saturated carbocycles. The number of aromatic carboxylic acids is 1. The highest BCUT2D eigenvalue weighted by Gasteiger charge is 2.19. The van der Waals surface area contributed by atoms with E-state index in [9.17, 15) is 9.90 Å². The molecular formula is C17H15ClN2O2S. The van der Waals surface area contributed by atoms with E-state index in [1.54, 1.807) is 0 Å². The summed E-state index contributed by atoms with van der Waals surface area (Å²) in [7, 11) is 0. The molecule has 1 aromatic heterocycles. The molecule has 0 amide bonds. The molecule has 0 aliphatic rings. The molecule has 0 unspecified atom stereocenters. The average Bonchev–Trinajstić information content (AvgIpc) is 3.01. The first kappa shape index (κ1) is 17.1. The molecule has 0 aliphatic heterocycles. The summed E-state index contributed by atoms with van der Waals surface area (Å²) in [6, 6.07) is 17.1. The van der Waals surface area contributed by atoms with Gasteiger partial charge < -0.3 is 10.8 Å². The van der Waals surface area contributed by atoms with Crippen LogP contribution in [0.2, 0.25) is 0 Å². The lowest BCUT2D eigenvalue weighted by atomic mass is 10.1. The maximum absolute atomic E-state index is 11.5. The summed E-state index contributed by atoms with van der Waals surface area (Å²) in [6.07, 6.45) is 0. The van der Waals surface area contributed by atoms with Gasteiger partial charge in [0.1, 0.15) is 9.88 Å². The summed E-state index contributed by atoms with van der Waals surface area (Å²) in [5.74, 6) is -0.961. The molecule has 118 valence electrons. The maximum Gasteiger partial charge on any atom is 0.348 e. The van der Waals surface area contributed by atoms with Crippen molar-refractivity contribution in [3.63, 3.8) is 0 Å². The Kier molecular flexibility index (Phi) is 5.50. The van der Waals surface area contributed by atoms with E-state index in [1.165, 1.54) is 11.3 Å². The first-order valence-electron chi connectivity index (χ1n) is 6.78. The van der Waals surface area contributed by atoms with Crippen molar-refractivity contribution >= 4 is 29.7 Å². The molecule has 3 aromatic rings. The summed E-state index contributed by atoms with van der Waals surface area (Å²) >= 11 is 1.18. The Morgan fingerprint density at radius 2 is 1.78 bits per heavy atom. The van der Waals surface area contributed by atoms with Gasteiger partial charge >= 0.3 is 5.97 Å². The highest BCUT2D eigenvalue weighted by molar-refractivity contribution is 7.17. The number of carbonyl (C=O) groups is 1. The van der Waals surface area contributed by atoms with Crippen LogP contribution in [0.1, 0.15) is 15.2 Å². The Morgan fingerprint density at radius 3 is 2.43 bits per heavy atom. The minimum atomic E-state index is -0.961. The van der Waals surface area contributed by atoms with Gasteiger partial charge in [-0.25, -0.2) is 9.78 Å². The van der Waals surface area contributed by atoms with Crippen molar-refractivity contribution in [3.8, 4) is 21.8 Å². The molecule has 3 N–H and O–H groups in total. The third kappa shape index (κ3) is 3.59. The third-order valence-corrected chi connectivity index (χ3v) is 4.37. The van der Waals surface area contributed by atoms with E-state index in [1.807, 2.05) is 54.6 Å². The molecule has 0 aliphatic carbocycles. The number of halogens is 1. The number of hydrogen-bond donors (Lipinski definition) is 2. The average molecular weight is 347 g/mol. The SMILES string of the molecule is Cl.NCc1cccc(-c2nc(-c3ccccc3)c(C(=O)O)s2)c1. The van der Waals surface area contributed by atoms with Crippen molar-refractivity contribution in [1.29, 1.82) is 0 Å². The second-order valence-corrected chi connectivity index (χ2v) is 5.77. The van der Waals surface area contributed by atoms with E-state index in [0.29, 0.717) is 17.2 Å². The van der Waals surface area contributed by atoms with E-state index in [2.05, 4.69) is 4.98 Å². The van der Waals surface area contributed by atoms with Gasteiger partial charge in [-0.15, -0.1) is 23.7 Å².